The number of hydrogen-bond donors (Lipinski definition) is 0. The van der Waals surface area contributed by atoms with Gasteiger partial charge in [0.1, 0.15) is 16.5 Å². The second-order valence-electron chi connectivity index (χ2n) is 2.93. The molecule has 2 heterocycles. The van der Waals surface area contributed by atoms with Gasteiger partial charge in [-0.25, -0.2) is 4.98 Å². The Kier molecular flexibility index (Phi) is 2.79. The van der Waals surface area contributed by atoms with Crippen LogP contribution in [-0.4, -0.2) is 20.2 Å². The van der Waals surface area contributed by atoms with Crippen molar-refractivity contribution < 1.29 is 0 Å². The summed E-state index contributed by atoms with van der Waals surface area (Å²) in [4.78, 5) is 7.99. The van der Waals surface area contributed by atoms with E-state index in [1.807, 2.05) is 6.92 Å². The van der Waals surface area contributed by atoms with E-state index in [-0.39, 0.29) is 0 Å². The Bertz CT molecular complexity index is 501. The van der Waals surface area contributed by atoms with Crippen molar-refractivity contribution in [2.75, 3.05) is 0 Å². The normalized spacial score (nSPS) is 10.3. The van der Waals surface area contributed by atoms with Crippen LogP contribution in [0.5, 0.6) is 0 Å². The molecule has 0 spiro atoms. The third-order valence-electron chi connectivity index (χ3n) is 1.79. The molecule has 2 aromatic heterocycles. The fourth-order valence-electron chi connectivity index (χ4n) is 1.06. The van der Waals surface area contributed by atoms with Crippen molar-refractivity contribution in [3.05, 3.63) is 34.3 Å². The monoisotopic (exact) mass is 240 g/mol. The molecule has 0 aliphatic rings. The number of rotatable bonds is 1. The van der Waals surface area contributed by atoms with Crippen LogP contribution in [0.15, 0.2) is 18.5 Å². The Hall–Kier alpha value is -1.26. The summed E-state index contributed by atoms with van der Waals surface area (Å²) in [6.45, 7) is 1.85. The Labute approximate surface area is 96.3 Å². The maximum Gasteiger partial charge on any atom is 0.154 e. The summed E-state index contributed by atoms with van der Waals surface area (Å²) in [7, 11) is 0. The average molecular weight is 241 g/mol. The zero-order chi connectivity index (χ0) is 10.8. The minimum Gasteiger partial charge on any atom is -0.259 e. The van der Waals surface area contributed by atoms with Crippen LogP contribution >= 0.6 is 23.2 Å². The van der Waals surface area contributed by atoms with Gasteiger partial charge in [-0.15, -0.1) is 10.2 Å². The summed E-state index contributed by atoms with van der Waals surface area (Å²) in [6.07, 6.45) is 3.03. The molecule has 0 atom stereocenters. The van der Waals surface area contributed by atoms with Gasteiger partial charge in [-0.2, -0.15) is 0 Å². The van der Waals surface area contributed by atoms with E-state index >= 15 is 0 Å². The van der Waals surface area contributed by atoms with Gasteiger partial charge >= 0.3 is 0 Å². The van der Waals surface area contributed by atoms with E-state index in [4.69, 9.17) is 23.2 Å². The second-order valence-corrected chi connectivity index (χ2v) is 3.68. The summed E-state index contributed by atoms with van der Waals surface area (Å²) < 4.78 is 0. The predicted molar refractivity (Wildman–Crippen MR) is 57.8 cm³/mol. The van der Waals surface area contributed by atoms with E-state index in [9.17, 15) is 0 Å². The van der Waals surface area contributed by atoms with Gasteiger partial charge in [0.15, 0.2) is 5.15 Å². The van der Waals surface area contributed by atoms with Crippen LogP contribution in [0.1, 0.15) is 5.56 Å². The van der Waals surface area contributed by atoms with Crippen LogP contribution in [0.2, 0.25) is 10.3 Å². The lowest BCUT2D eigenvalue weighted by Crippen LogP contribution is -1.93. The Morgan fingerprint density at radius 3 is 2.53 bits per heavy atom. The lowest BCUT2D eigenvalue weighted by Gasteiger charge is -2.00. The molecule has 0 bridgehead atoms. The van der Waals surface area contributed by atoms with Crippen LogP contribution in [0.4, 0.5) is 0 Å². The lowest BCUT2D eigenvalue weighted by atomic mass is 10.2. The van der Waals surface area contributed by atoms with Crippen LogP contribution in [0, 0.1) is 6.92 Å². The largest absolute Gasteiger partial charge is 0.259 e. The van der Waals surface area contributed by atoms with Crippen molar-refractivity contribution in [1.29, 1.82) is 0 Å². The van der Waals surface area contributed by atoms with Crippen LogP contribution in [0.25, 0.3) is 11.4 Å². The molecule has 2 rings (SSSR count). The average Bonchev–Trinajstić information content (AvgIpc) is 2.22. The molecule has 0 fully saturated rings. The first-order valence-electron chi connectivity index (χ1n) is 4.14. The van der Waals surface area contributed by atoms with Gasteiger partial charge in [0.05, 0.1) is 12.4 Å². The molecule has 2 aromatic rings. The Morgan fingerprint density at radius 2 is 1.87 bits per heavy atom. The van der Waals surface area contributed by atoms with Gasteiger partial charge in [-0.1, -0.05) is 23.2 Å². The molecule has 76 valence electrons. The third kappa shape index (κ3) is 2.22. The highest BCUT2D eigenvalue weighted by molar-refractivity contribution is 6.30. The fourth-order valence-corrected chi connectivity index (χ4v) is 1.30. The van der Waals surface area contributed by atoms with E-state index < -0.39 is 0 Å². The summed E-state index contributed by atoms with van der Waals surface area (Å²) >= 11 is 11.5. The van der Waals surface area contributed by atoms with Gasteiger partial charge in [-0.05, 0) is 18.6 Å². The predicted octanol–water partition coefficient (Wildman–Crippen LogP) is 2.55. The lowest BCUT2D eigenvalue weighted by molar-refractivity contribution is 1.01. The molecular formula is C9H6Cl2N4. The van der Waals surface area contributed by atoms with Crippen molar-refractivity contribution in [2.24, 2.45) is 0 Å². The standard InChI is InChI=1S/C9H6Cl2N4/c1-5-2-6(14-15-9(5)11)7-3-12-4-8(10)13-7/h2-4H,1H3. The smallest absolute Gasteiger partial charge is 0.154 e. The second kappa shape index (κ2) is 4.08. The Balaban J connectivity index is 2.50. The first-order chi connectivity index (χ1) is 7.16. The fraction of sp³-hybridized carbons (Fsp3) is 0.111. The molecule has 0 aliphatic carbocycles. The van der Waals surface area contributed by atoms with Crippen LogP contribution in [0.3, 0.4) is 0 Å². The zero-order valence-electron chi connectivity index (χ0n) is 7.78. The maximum absolute atomic E-state index is 5.76. The number of halogens is 2. The van der Waals surface area contributed by atoms with E-state index in [0.717, 1.165) is 5.56 Å². The Morgan fingerprint density at radius 1 is 1.07 bits per heavy atom. The summed E-state index contributed by atoms with van der Waals surface area (Å²) in [5.74, 6) is 0. The van der Waals surface area contributed by atoms with Crippen molar-refractivity contribution >= 4 is 23.2 Å². The minimum absolute atomic E-state index is 0.321. The molecule has 0 saturated carbocycles. The van der Waals surface area contributed by atoms with Gasteiger partial charge in [-0.3, -0.25) is 4.98 Å². The number of hydrogen-bond acceptors (Lipinski definition) is 4. The van der Waals surface area contributed by atoms with E-state index in [0.29, 0.717) is 21.7 Å². The maximum atomic E-state index is 5.76. The molecule has 0 saturated heterocycles. The molecule has 0 radical (unpaired) electrons. The molecule has 0 unspecified atom stereocenters. The van der Waals surface area contributed by atoms with Gasteiger partial charge in [0.25, 0.3) is 0 Å². The van der Waals surface area contributed by atoms with Gasteiger partial charge in [0, 0.05) is 0 Å². The highest BCUT2D eigenvalue weighted by Gasteiger charge is 2.05. The summed E-state index contributed by atoms with van der Waals surface area (Å²) in [5, 5.41) is 8.40. The molecule has 0 aliphatic heterocycles. The van der Waals surface area contributed by atoms with Crippen molar-refractivity contribution in [3.63, 3.8) is 0 Å². The first kappa shape index (κ1) is 10.3. The van der Waals surface area contributed by atoms with E-state index in [1.165, 1.54) is 6.20 Å². The molecule has 15 heavy (non-hydrogen) atoms. The number of nitrogens with zero attached hydrogens (tertiary/aromatic N) is 4. The highest BCUT2D eigenvalue weighted by atomic mass is 35.5. The highest BCUT2D eigenvalue weighted by Crippen LogP contribution is 2.18. The zero-order valence-corrected chi connectivity index (χ0v) is 9.29. The molecule has 0 N–H and O–H groups in total. The molecular weight excluding hydrogens is 235 g/mol. The minimum atomic E-state index is 0.321. The summed E-state index contributed by atoms with van der Waals surface area (Å²) in [6, 6.07) is 1.79. The molecule has 0 amide bonds. The van der Waals surface area contributed by atoms with Crippen molar-refractivity contribution in [3.8, 4) is 11.4 Å². The number of aryl methyl sites for hydroxylation is 1. The molecule has 0 aromatic carbocycles. The van der Waals surface area contributed by atoms with Crippen LogP contribution in [-0.2, 0) is 0 Å². The van der Waals surface area contributed by atoms with E-state index in [1.54, 1.807) is 12.3 Å². The molecule has 4 nitrogen and oxygen atoms in total. The quantitative estimate of drug-likeness (QED) is 0.769. The topological polar surface area (TPSA) is 51.6 Å². The van der Waals surface area contributed by atoms with Gasteiger partial charge < -0.3 is 0 Å². The van der Waals surface area contributed by atoms with Crippen LogP contribution < -0.4 is 0 Å². The third-order valence-corrected chi connectivity index (χ3v) is 2.35. The van der Waals surface area contributed by atoms with Crippen molar-refractivity contribution in [2.45, 2.75) is 6.92 Å². The van der Waals surface area contributed by atoms with E-state index in [2.05, 4.69) is 20.2 Å². The molecule has 6 heteroatoms. The van der Waals surface area contributed by atoms with Crippen molar-refractivity contribution in [1.82, 2.24) is 20.2 Å². The van der Waals surface area contributed by atoms with Gasteiger partial charge in [0.2, 0.25) is 0 Å². The first-order valence-corrected chi connectivity index (χ1v) is 4.90. The summed E-state index contributed by atoms with van der Waals surface area (Å²) in [5.41, 5.74) is 2.02. The SMILES string of the molecule is Cc1cc(-c2cncc(Cl)n2)nnc1Cl. The number of aromatic nitrogens is 4.